The number of aromatic nitrogens is 3. The van der Waals surface area contributed by atoms with Crippen LogP contribution < -0.4 is 11.2 Å². The first kappa shape index (κ1) is 19.8. The first-order valence-corrected chi connectivity index (χ1v) is 10.3. The molecule has 0 fully saturated rings. The molecule has 28 heavy (non-hydrogen) atoms. The summed E-state index contributed by atoms with van der Waals surface area (Å²) in [7, 11) is 0. The van der Waals surface area contributed by atoms with E-state index in [1.165, 1.54) is 28.2 Å². The molecule has 3 rings (SSSR count). The van der Waals surface area contributed by atoms with Crippen LogP contribution in [-0.2, 0) is 10.5 Å². The van der Waals surface area contributed by atoms with Crippen LogP contribution in [0.3, 0.4) is 0 Å². The number of nitrogens with two attached hydrogens (primary N) is 1. The fraction of sp³-hybridized carbons (Fsp3) is 0.158. The Morgan fingerprint density at radius 3 is 2.61 bits per heavy atom. The molecule has 0 radical (unpaired) electrons. The van der Waals surface area contributed by atoms with Gasteiger partial charge < -0.3 is 11.2 Å². The maximum absolute atomic E-state index is 12.5. The van der Waals surface area contributed by atoms with E-state index in [0.717, 1.165) is 11.3 Å². The molecule has 3 aromatic rings. The zero-order valence-electron chi connectivity index (χ0n) is 15.1. The van der Waals surface area contributed by atoms with E-state index in [2.05, 4.69) is 21.6 Å². The van der Waals surface area contributed by atoms with Crippen molar-refractivity contribution in [1.29, 1.82) is 5.26 Å². The predicted molar refractivity (Wildman–Crippen MR) is 111 cm³/mol. The first-order chi connectivity index (χ1) is 13.6. The lowest BCUT2D eigenvalue weighted by Gasteiger charge is -2.12. The number of thioether (sulfide) groups is 2. The highest BCUT2D eigenvalue weighted by atomic mass is 32.2. The van der Waals surface area contributed by atoms with E-state index < -0.39 is 5.25 Å². The van der Waals surface area contributed by atoms with E-state index in [0.29, 0.717) is 21.6 Å². The molecule has 0 saturated carbocycles. The molecule has 0 spiro atoms. The Balaban J connectivity index is 1.61. The largest absolute Gasteiger partial charge is 0.335 e. The standard InChI is InChI=1S/C19H18N6OS2/c1-13(17(26)22-16-10-6-5-9-15(16)11-20)28-19-24-23-18(25(19)21)27-12-14-7-3-2-4-8-14/h2-10,13H,12,21H2,1H3,(H,22,26)/t13-/m0/s1. The number of para-hydroxylation sites is 1. The fourth-order valence-electron chi connectivity index (χ4n) is 2.30. The summed E-state index contributed by atoms with van der Waals surface area (Å²) in [6, 6.07) is 18.9. The molecule has 0 bridgehead atoms. The number of nitriles is 1. The SMILES string of the molecule is C[C@H](Sc1nnc(SCc2ccccc2)n1N)C(=O)Nc1ccccc1C#N. The van der Waals surface area contributed by atoms with E-state index in [1.807, 2.05) is 30.3 Å². The molecule has 0 unspecified atom stereocenters. The molecule has 0 aliphatic rings. The number of carbonyl (C=O) groups excluding carboxylic acids is 1. The molecule has 9 heteroatoms. The zero-order valence-corrected chi connectivity index (χ0v) is 16.7. The summed E-state index contributed by atoms with van der Waals surface area (Å²) in [5.41, 5.74) is 2.05. The van der Waals surface area contributed by atoms with Crippen molar-refractivity contribution in [2.75, 3.05) is 11.2 Å². The minimum atomic E-state index is -0.467. The average molecular weight is 411 g/mol. The molecule has 1 amide bonds. The number of nitrogen functional groups attached to an aromatic ring is 1. The molecule has 142 valence electrons. The molecule has 1 heterocycles. The molecule has 7 nitrogen and oxygen atoms in total. The number of nitrogens with zero attached hydrogens (tertiary/aromatic N) is 4. The van der Waals surface area contributed by atoms with E-state index in [-0.39, 0.29) is 5.91 Å². The second-order valence-corrected chi connectivity index (χ2v) is 8.07. The van der Waals surface area contributed by atoms with Crippen molar-refractivity contribution in [3.63, 3.8) is 0 Å². The highest BCUT2D eigenvalue weighted by Gasteiger charge is 2.20. The van der Waals surface area contributed by atoms with Gasteiger partial charge in [0.2, 0.25) is 16.2 Å². The van der Waals surface area contributed by atoms with Gasteiger partial charge in [-0.1, -0.05) is 66.0 Å². The predicted octanol–water partition coefficient (Wildman–Crippen LogP) is 3.28. The second-order valence-electron chi connectivity index (χ2n) is 5.82. The zero-order chi connectivity index (χ0) is 19.9. The van der Waals surface area contributed by atoms with Crippen molar-refractivity contribution in [2.45, 2.75) is 28.2 Å². The van der Waals surface area contributed by atoms with E-state index in [9.17, 15) is 4.79 Å². The fourth-order valence-corrected chi connectivity index (χ4v) is 3.94. The summed E-state index contributed by atoms with van der Waals surface area (Å²) in [5, 5.41) is 20.7. The van der Waals surface area contributed by atoms with Gasteiger partial charge in [-0.25, -0.2) is 4.68 Å². The van der Waals surface area contributed by atoms with E-state index >= 15 is 0 Å². The molecule has 1 atom stereocenters. The number of hydrogen-bond acceptors (Lipinski definition) is 7. The van der Waals surface area contributed by atoms with Gasteiger partial charge in [0.1, 0.15) is 6.07 Å². The number of carbonyl (C=O) groups is 1. The number of rotatable bonds is 7. The van der Waals surface area contributed by atoms with Gasteiger partial charge in [0, 0.05) is 5.75 Å². The van der Waals surface area contributed by atoms with Gasteiger partial charge in [0.15, 0.2) is 0 Å². The number of hydrogen-bond donors (Lipinski definition) is 2. The molecule has 3 N–H and O–H groups in total. The van der Waals surface area contributed by atoms with Crippen LogP contribution in [0.2, 0.25) is 0 Å². The summed E-state index contributed by atoms with van der Waals surface area (Å²) in [6.07, 6.45) is 0. The molecule has 1 aromatic heterocycles. The van der Waals surface area contributed by atoms with Gasteiger partial charge in [-0.3, -0.25) is 4.79 Å². The first-order valence-electron chi connectivity index (χ1n) is 8.42. The Bertz CT molecular complexity index is 999. The topological polar surface area (TPSA) is 110 Å². The van der Waals surface area contributed by atoms with Crippen molar-refractivity contribution in [3.8, 4) is 6.07 Å². The normalized spacial score (nSPS) is 11.6. The molecular weight excluding hydrogens is 392 g/mol. The van der Waals surface area contributed by atoms with Gasteiger partial charge in [-0.15, -0.1) is 10.2 Å². The van der Waals surface area contributed by atoms with E-state index in [4.69, 9.17) is 11.1 Å². The Morgan fingerprint density at radius 1 is 1.18 bits per heavy atom. The lowest BCUT2D eigenvalue weighted by Crippen LogP contribution is -2.24. The lowest BCUT2D eigenvalue weighted by atomic mass is 10.2. The van der Waals surface area contributed by atoms with Crippen LogP contribution in [0.15, 0.2) is 64.9 Å². The Hall–Kier alpha value is -2.96. The van der Waals surface area contributed by atoms with Crippen molar-refractivity contribution in [3.05, 3.63) is 65.7 Å². The van der Waals surface area contributed by atoms with Crippen molar-refractivity contribution in [1.82, 2.24) is 14.9 Å². The molecule has 0 aliphatic heterocycles. The number of benzene rings is 2. The van der Waals surface area contributed by atoms with Gasteiger partial charge in [-0.05, 0) is 24.6 Å². The van der Waals surface area contributed by atoms with Crippen LogP contribution in [-0.4, -0.2) is 26.0 Å². The van der Waals surface area contributed by atoms with Gasteiger partial charge >= 0.3 is 0 Å². The molecular formula is C19H18N6OS2. The van der Waals surface area contributed by atoms with Crippen LogP contribution in [0.25, 0.3) is 0 Å². The molecule has 0 aliphatic carbocycles. The number of nitrogens with one attached hydrogen (secondary N) is 1. The smallest absolute Gasteiger partial charge is 0.237 e. The highest BCUT2D eigenvalue weighted by molar-refractivity contribution is 8.00. The maximum atomic E-state index is 12.5. The van der Waals surface area contributed by atoms with Gasteiger partial charge in [-0.2, -0.15) is 5.26 Å². The summed E-state index contributed by atoms with van der Waals surface area (Å²) < 4.78 is 1.39. The Morgan fingerprint density at radius 2 is 1.86 bits per heavy atom. The summed E-state index contributed by atoms with van der Waals surface area (Å²) in [4.78, 5) is 12.5. The Kier molecular flexibility index (Phi) is 6.57. The summed E-state index contributed by atoms with van der Waals surface area (Å²) >= 11 is 2.69. The molecule has 0 saturated heterocycles. The van der Waals surface area contributed by atoms with Crippen LogP contribution >= 0.6 is 23.5 Å². The quantitative estimate of drug-likeness (QED) is 0.454. The third-order valence-corrected chi connectivity index (χ3v) is 5.87. The van der Waals surface area contributed by atoms with Crippen molar-refractivity contribution >= 4 is 35.1 Å². The maximum Gasteiger partial charge on any atom is 0.237 e. The van der Waals surface area contributed by atoms with Crippen LogP contribution in [0.1, 0.15) is 18.1 Å². The number of anilines is 1. The van der Waals surface area contributed by atoms with Gasteiger partial charge in [0.25, 0.3) is 0 Å². The van der Waals surface area contributed by atoms with Crippen molar-refractivity contribution in [2.24, 2.45) is 0 Å². The van der Waals surface area contributed by atoms with Crippen LogP contribution in [0, 0.1) is 11.3 Å². The van der Waals surface area contributed by atoms with Gasteiger partial charge in [0.05, 0.1) is 16.5 Å². The Labute approximate surface area is 171 Å². The minimum Gasteiger partial charge on any atom is -0.335 e. The molecule has 2 aromatic carbocycles. The van der Waals surface area contributed by atoms with Crippen LogP contribution in [0.4, 0.5) is 5.69 Å². The summed E-state index contributed by atoms with van der Waals surface area (Å²) in [6.45, 7) is 1.75. The highest BCUT2D eigenvalue weighted by Crippen LogP contribution is 2.27. The minimum absolute atomic E-state index is 0.241. The lowest BCUT2D eigenvalue weighted by molar-refractivity contribution is -0.115. The second kappa shape index (κ2) is 9.30. The van der Waals surface area contributed by atoms with Crippen molar-refractivity contribution < 1.29 is 4.79 Å². The number of amides is 1. The summed E-state index contributed by atoms with van der Waals surface area (Å²) in [5.74, 6) is 6.57. The third-order valence-electron chi connectivity index (χ3n) is 3.80. The van der Waals surface area contributed by atoms with E-state index in [1.54, 1.807) is 31.2 Å². The van der Waals surface area contributed by atoms with Crippen LogP contribution in [0.5, 0.6) is 0 Å². The third kappa shape index (κ3) is 4.85. The monoisotopic (exact) mass is 410 g/mol. The average Bonchev–Trinajstić information content (AvgIpc) is 3.07.